The van der Waals surface area contributed by atoms with Crippen LogP contribution in [0.5, 0.6) is 11.5 Å². The maximum absolute atomic E-state index is 12.1. The van der Waals surface area contributed by atoms with Crippen molar-refractivity contribution in [2.75, 3.05) is 11.9 Å². The van der Waals surface area contributed by atoms with E-state index >= 15 is 0 Å². The lowest BCUT2D eigenvalue weighted by Gasteiger charge is -2.10. The van der Waals surface area contributed by atoms with Gasteiger partial charge in [0.1, 0.15) is 11.5 Å². The summed E-state index contributed by atoms with van der Waals surface area (Å²) in [5, 5.41) is 3.14. The molecule has 0 spiro atoms. The van der Waals surface area contributed by atoms with Crippen LogP contribution in [0.2, 0.25) is 0 Å². The molecule has 0 saturated heterocycles. The van der Waals surface area contributed by atoms with Crippen LogP contribution in [0, 0.1) is 13.8 Å². The molecule has 1 aromatic heterocycles. The summed E-state index contributed by atoms with van der Waals surface area (Å²) in [7, 11) is 0. The lowest BCUT2D eigenvalue weighted by Crippen LogP contribution is -2.18. The number of esters is 1. The molecule has 28 heavy (non-hydrogen) atoms. The van der Waals surface area contributed by atoms with Crippen molar-refractivity contribution < 1.29 is 14.3 Å². The van der Waals surface area contributed by atoms with Crippen molar-refractivity contribution in [2.24, 2.45) is 0 Å². The number of nitrogens with one attached hydrogen (secondary N) is 1. The Bertz CT molecular complexity index is 935. The van der Waals surface area contributed by atoms with Crippen molar-refractivity contribution in [1.29, 1.82) is 0 Å². The average molecular weight is 377 g/mol. The van der Waals surface area contributed by atoms with Crippen molar-refractivity contribution in [1.82, 2.24) is 9.97 Å². The first-order chi connectivity index (χ1) is 13.5. The summed E-state index contributed by atoms with van der Waals surface area (Å²) >= 11 is 0. The largest absolute Gasteiger partial charge is 0.482 e. The Kier molecular flexibility index (Phi) is 6.22. The van der Waals surface area contributed by atoms with Crippen LogP contribution in [-0.2, 0) is 11.2 Å². The van der Waals surface area contributed by atoms with Gasteiger partial charge in [0.15, 0.2) is 6.61 Å². The number of hydrogen-bond acceptors (Lipinski definition) is 6. The molecule has 0 unspecified atom stereocenters. The number of carbonyl (C=O) groups is 1. The third-order valence-electron chi connectivity index (χ3n) is 4.02. The minimum atomic E-state index is -0.454. The maximum atomic E-state index is 12.1. The van der Waals surface area contributed by atoms with E-state index in [0.29, 0.717) is 17.4 Å². The van der Waals surface area contributed by atoms with Gasteiger partial charge in [-0.2, -0.15) is 0 Å². The number of para-hydroxylation sites is 1. The Morgan fingerprint density at radius 1 is 1.00 bits per heavy atom. The standard InChI is InChI=1S/C22H23N3O3/c1-4-17-7-5-6-8-20(17)27-14-21(26)28-19-11-9-18(10-12-19)25-22-23-15(2)13-16(3)24-22/h5-13H,4,14H2,1-3H3,(H,23,24,25). The zero-order valence-electron chi connectivity index (χ0n) is 16.2. The Morgan fingerprint density at radius 3 is 2.36 bits per heavy atom. The molecule has 0 bridgehead atoms. The third kappa shape index (κ3) is 5.30. The van der Waals surface area contributed by atoms with Crippen molar-refractivity contribution in [2.45, 2.75) is 27.2 Å². The highest BCUT2D eigenvalue weighted by Crippen LogP contribution is 2.20. The highest BCUT2D eigenvalue weighted by Gasteiger charge is 2.09. The number of carbonyl (C=O) groups excluding carboxylic acids is 1. The van der Waals surface area contributed by atoms with Crippen molar-refractivity contribution in [3.05, 3.63) is 71.5 Å². The van der Waals surface area contributed by atoms with Crippen molar-refractivity contribution >= 4 is 17.6 Å². The molecule has 0 aliphatic carbocycles. The lowest BCUT2D eigenvalue weighted by molar-refractivity contribution is -0.136. The van der Waals surface area contributed by atoms with Gasteiger partial charge in [0.2, 0.25) is 5.95 Å². The van der Waals surface area contributed by atoms with Crippen LogP contribution in [-0.4, -0.2) is 22.5 Å². The summed E-state index contributed by atoms with van der Waals surface area (Å²) in [6.45, 7) is 5.74. The molecule has 0 aliphatic rings. The minimum absolute atomic E-state index is 0.145. The van der Waals surface area contributed by atoms with E-state index < -0.39 is 5.97 Å². The number of benzene rings is 2. The molecular formula is C22H23N3O3. The molecule has 0 fully saturated rings. The maximum Gasteiger partial charge on any atom is 0.349 e. The molecule has 0 atom stereocenters. The number of anilines is 2. The Hall–Kier alpha value is -3.41. The Morgan fingerprint density at radius 2 is 1.68 bits per heavy atom. The van der Waals surface area contributed by atoms with E-state index in [0.717, 1.165) is 29.1 Å². The van der Waals surface area contributed by atoms with Gasteiger partial charge in [-0.1, -0.05) is 25.1 Å². The molecule has 2 aromatic carbocycles. The van der Waals surface area contributed by atoms with E-state index in [1.54, 1.807) is 24.3 Å². The number of nitrogens with zero attached hydrogens (tertiary/aromatic N) is 2. The topological polar surface area (TPSA) is 73.3 Å². The summed E-state index contributed by atoms with van der Waals surface area (Å²) in [4.78, 5) is 20.7. The first-order valence-corrected chi connectivity index (χ1v) is 9.14. The average Bonchev–Trinajstić information content (AvgIpc) is 2.67. The van der Waals surface area contributed by atoms with Crippen LogP contribution in [0.3, 0.4) is 0 Å². The molecule has 3 rings (SSSR count). The normalized spacial score (nSPS) is 10.4. The van der Waals surface area contributed by atoms with Crippen LogP contribution in [0.15, 0.2) is 54.6 Å². The van der Waals surface area contributed by atoms with Gasteiger partial charge in [0.25, 0.3) is 0 Å². The van der Waals surface area contributed by atoms with Crippen molar-refractivity contribution in [3.8, 4) is 11.5 Å². The summed E-state index contributed by atoms with van der Waals surface area (Å²) in [6, 6.07) is 16.6. The predicted molar refractivity (Wildman–Crippen MR) is 108 cm³/mol. The fourth-order valence-electron chi connectivity index (χ4n) is 2.75. The van der Waals surface area contributed by atoms with Crippen molar-refractivity contribution in [3.63, 3.8) is 0 Å². The molecule has 1 N–H and O–H groups in total. The van der Waals surface area contributed by atoms with E-state index in [1.807, 2.05) is 51.1 Å². The quantitative estimate of drug-likeness (QED) is 0.486. The number of aryl methyl sites for hydroxylation is 3. The molecule has 3 aromatic rings. The summed E-state index contributed by atoms with van der Waals surface area (Å²) in [5.74, 6) is 1.23. The van der Waals surface area contributed by atoms with Gasteiger partial charge in [0.05, 0.1) is 0 Å². The van der Waals surface area contributed by atoms with Crippen LogP contribution in [0.25, 0.3) is 0 Å². The zero-order chi connectivity index (χ0) is 19.9. The molecule has 144 valence electrons. The zero-order valence-corrected chi connectivity index (χ0v) is 16.2. The van der Waals surface area contributed by atoms with Crippen LogP contribution >= 0.6 is 0 Å². The van der Waals surface area contributed by atoms with Crippen LogP contribution in [0.1, 0.15) is 23.9 Å². The lowest BCUT2D eigenvalue weighted by atomic mass is 10.1. The number of rotatable bonds is 7. The number of aromatic nitrogens is 2. The highest BCUT2D eigenvalue weighted by atomic mass is 16.6. The fraction of sp³-hybridized carbons (Fsp3) is 0.227. The Balaban J connectivity index is 1.55. The smallest absolute Gasteiger partial charge is 0.349 e. The summed E-state index contributed by atoms with van der Waals surface area (Å²) in [6.07, 6.45) is 0.837. The first-order valence-electron chi connectivity index (χ1n) is 9.14. The molecule has 6 heteroatoms. The third-order valence-corrected chi connectivity index (χ3v) is 4.02. The van der Waals surface area contributed by atoms with E-state index in [9.17, 15) is 4.79 Å². The SMILES string of the molecule is CCc1ccccc1OCC(=O)Oc1ccc(Nc2nc(C)cc(C)n2)cc1. The predicted octanol–water partition coefficient (Wildman–Crippen LogP) is 4.38. The van der Waals surface area contributed by atoms with Gasteiger partial charge in [-0.05, 0) is 62.2 Å². The molecule has 0 aliphatic heterocycles. The van der Waals surface area contributed by atoms with E-state index in [-0.39, 0.29) is 6.61 Å². The fourth-order valence-corrected chi connectivity index (χ4v) is 2.75. The second-order valence-electron chi connectivity index (χ2n) is 6.35. The van der Waals surface area contributed by atoms with Crippen LogP contribution < -0.4 is 14.8 Å². The first kappa shape index (κ1) is 19.4. The van der Waals surface area contributed by atoms with Crippen LogP contribution in [0.4, 0.5) is 11.6 Å². The van der Waals surface area contributed by atoms with E-state index in [2.05, 4.69) is 15.3 Å². The molecular weight excluding hydrogens is 354 g/mol. The molecule has 6 nitrogen and oxygen atoms in total. The van der Waals surface area contributed by atoms with Gasteiger partial charge < -0.3 is 14.8 Å². The molecule has 1 heterocycles. The van der Waals surface area contributed by atoms with Gasteiger partial charge >= 0.3 is 5.97 Å². The monoisotopic (exact) mass is 377 g/mol. The van der Waals surface area contributed by atoms with Gasteiger partial charge in [-0.3, -0.25) is 0 Å². The van der Waals surface area contributed by atoms with E-state index in [1.165, 1.54) is 0 Å². The highest BCUT2D eigenvalue weighted by molar-refractivity contribution is 5.74. The Labute approximate surface area is 164 Å². The second-order valence-corrected chi connectivity index (χ2v) is 6.35. The van der Waals surface area contributed by atoms with Gasteiger partial charge in [-0.25, -0.2) is 14.8 Å². The molecule has 0 saturated carbocycles. The molecule has 0 amide bonds. The minimum Gasteiger partial charge on any atom is -0.482 e. The number of hydrogen-bond donors (Lipinski definition) is 1. The van der Waals surface area contributed by atoms with Gasteiger partial charge in [-0.15, -0.1) is 0 Å². The van der Waals surface area contributed by atoms with Gasteiger partial charge in [0, 0.05) is 17.1 Å². The summed E-state index contributed by atoms with van der Waals surface area (Å²) < 4.78 is 10.9. The molecule has 0 radical (unpaired) electrons. The second kappa shape index (κ2) is 8.99. The number of ether oxygens (including phenoxy) is 2. The summed E-state index contributed by atoms with van der Waals surface area (Å²) in [5.41, 5.74) is 3.65. The van der Waals surface area contributed by atoms with E-state index in [4.69, 9.17) is 9.47 Å².